The molecule has 188 valence electrons. The number of amides is 1. The van der Waals surface area contributed by atoms with Crippen LogP contribution in [0.1, 0.15) is 29.7 Å². The van der Waals surface area contributed by atoms with E-state index in [9.17, 15) is 18.4 Å². The van der Waals surface area contributed by atoms with Crippen LogP contribution in [0.15, 0.2) is 66.7 Å². The van der Waals surface area contributed by atoms with Crippen LogP contribution < -0.4 is 5.32 Å². The van der Waals surface area contributed by atoms with Gasteiger partial charge in [0, 0.05) is 42.0 Å². The molecule has 0 bridgehead atoms. The number of hydrogen-bond acceptors (Lipinski definition) is 4. The number of carbonyl (C=O) groups is 2. The zero-order valence-electron chi connectivity index (χ0n) is 19.6. The SMILES string of the molecule is COC(=O)C(NC(C)=O)(c1cc(F)cc(F)c1)C1CN(C(c2ccc(Cl)cc2)c2ccc(Cl)cc2)C1. The molecule has 3 aromatic rings. The summed E-state index contributed by atoms with van der Waals surface area (Å²) in [6.07, 6.45) is 0. The fourth-order valence-electron chi connectivity index (χ4n) is 4.87. The van der Waals surface area contributed by atoms with Crippen LogP contribution in [0.4, 0.5) is 8.78 Å². The van der Waals surface area contributed by atoms with E-state index in [-0.39, 0.29) is 11.6 Å². The van der Waals surface area contributed by atoms with Crippen molar-refractivity contribution in [3.8, 4) is 0 Å². The number of esters is 1. The Labute approximate surface area is 218 Å². The second-order valence-electron chi connectivity index (χ2n) is 8.80. The van der Waals surface area contributed by atoms with Gasteiger partial charge in [0.15, 0.2) is 5.54 Å². The average Bonchev–Trinajstić information content (AvgIpc) is 2.80. The summed E-state index contributed by atoms with van der Waals surface area (Å²) in [7, 11) is 1.18. The van der Waals surface area contributed by atoms with Crippen LogP contribution in [-0.2, 0) is 19.9 Å². The standard InChI is InChI=1S/C27H24Cl2F2N2O3/c1-16(34)32-27(26(35)36-2,19-11-23(30)13-24(31)12-19)20-14-33(15-20)25(17-3-7-21(28)8-4-17)18-5-9-22(29)10-6-18/h3-13,20,25H,14-15H2,1-2H3,(H,32,34). The molecule has 1 N–H and O–H groups in total. The highest BCUT2D eigenvalue weighted by molar-refractivity contribution is 6.30. The molecule has 1 heterocycles. The van der Waals surface area contributed by atoms with Gasteiger partial charge in [-0.3, -0.25) is 9.69 Å². The van der Waals surface area contributed by atoms with Gasteiger partial charge in [-0.25, -0.2) is 13.6 Å². The Balaban J connectivity index is 1.74. The van der Waals surface area contributed by atoms with Crippen molar-refractivity contribution in [3.05, 3.63) is 105 Å². The van der Waals surface area contributed by atoms with Gasteiger partial charge in [0.2, 0.25) is 5.91 Å². The summed E-state index contributed by atoms with van der Waals surface area (Å²) in [6, 6.07) is 17.4. The number of methoxy groups -OCH3 is 1. The molecule has 1 saturated heterocycles. The Hall–Kier alpha value is -3.00. The van der Waals surface area contributed by atoms with Crippen molar-refractivity contribution in [2.45, 2.75) is 18.5 Å². The monoisotopic (exact) mass is 532 g/mol. The van der Waals surface area contributed by atoms with E-state index in [1.165, 1.54) is 14.0 Å². The zero-order valence-corrected chi connectivity index (χ0v) is 21.1. The number of hydrogen-bond donors (Lipinski definition) is 1. The molecule has 5 nitrogen and oxygen atoms in total. The maximum atomic E-state index is 14.2. The molecule has 9 heteroatoms. The van der Waals surface area contributed by atoms with Gasteiger partial charge in [0.05, 0.1) is 13.2 Å². The third-order valence-corrected chi connectivity index (χ3v) is 6.96. The van der Waals surface area contributed by atoms with Gasteiger partial charge in [-0.1, -0.05) is 47.5 Å². The van der Waals surface area contributed by atoms with E-state index in [0.29, 0.717) is 29.2 Å². The summed E-state index contributed by atoms with van der Waals surface area (Å²) in [5.74, 6) is -3.59. The summed E-state index contributed by atoms with van der Waals surface area (Å²) in [5.41, 5.74) is 0.131. The molecule has 1 unspecified atom stereocenters. The van der Waals surface area contributed by atoms with Gasteiger partial charge in [0.25, 0.3) is 0 Å². The Kier molecular flexibility index (Phi) is 7.64. The fourth-order valence-corrected chi connectivity index (χ4v) is 5.12. The summed E-state index contributed by atoms with van der Waals surface area (Å²) in [5, 5.41) is 3.85. The first-order chi connectivity index (χ1) is 17.1. The lowest BCUT2D eigenvalue weighted by Crippen LogP contribution is -2.66. The summed E-state index contributed by atoms with van der Waals surface area (Å²) < 4.78 is 33.5. The van der Waals surface area contributed by atoms with Crippen molar-refractivity contribution in [1.82, 2.24) is 10.2 Å². The quantitative estimate of drug-likeness (QED) is 0.408. The first kappa shape index (κ1) is 26.1. The molecule has 0 radical (unpaired) electrons. The third kappa shape index (κ3) is 5.09. The lowest BCUT2D eigenvalue weighted by molar-refractivity contribution is -0.159. The summed E-state index contributed by atoms with van der Waals surface area (Å²) in [4.78, 5) is 27.5. The van der Waals surface area contributed by atoms with Crippen LogP contribution in [-0.4, -0.2) is 37.0 Å². The van der Waals surface area contributed by atoms with Crippen molar-refractivity contribution >= 4 is 35.1 Å². The van der Waals surface area contributed by atoms with Crippen LogP contribution in [0, 0.1) is 17.6 Å². The Morgan fingerprint density at radius 3 is 1.83 bits per heavy atom. The lowest BCUT2D eigenvalue weighted by atomic mass is 9.72. The largest absolute Gasteiger partial charge is 0.467 e. The molecule has 1 amide bonds. The average molecular weight is 533 g/mol. The van der Waals surface area contributed by atoms with E-state index in [0.717, 1.165) is 23.3 Å². The summed E-state index contributed by atoms with van der Waals surface area (Å²) in [6.45, 7) is 1.89. The maximum Gasteiger partial charge on any atom is 0.336 e. The summed E-state index contributed by atoms with van der Waals surface area (Å²) >= 11 is 12.2. The smallest absolute Gasteiger partial charge is 0.336 e. The molecule has 1 fully saturated rings. The minimum Gasteiger partial charge on any atom is -0.467 e. The molecule has 1 atom stereocenters. The van der Waals surface area contributed by atoms with Crippen molar-refractivity contribution in [2.75, 3.05) is 20.2 Å². The van der Waals surface area contributed by atoms with Gasteiger partial charge < -0.3 is 10.1 Å². The number of rotatable bonds is 7. The van der Waals surface area contributed by atoms with E-state index in [1.807, 2.05) is 24.3 Å². The third-order valence-electron chi connectivity index (χ3n) is 6.46. The number of ether oxygens (including phenoxy) is 1. The Bertz CT molecular complexity index is 1200. The van der Waals surface area contributed by atoms with Gasteiger partial charge in [0.1, 0.15) is 11.6 Å². The first-order valence-electron chi connectivity index (χ1n) is 11.2. The van der Waals surface area contributed by atoms with Crippen LogP contribution in [0.3, 0.4) is 0 Å². The lowest BCUT2D eigenvalue weighted by Gasteiger charge is -2.52. The fraction of sp³-hybridized carbons (Fsp3) is 0.259. The zero-order chi connectivity index (χ0) is 26.0. The number of benzene rings is 3. The molecule has 4 rings (SSSR count). The van der Waals surface area contributed by atoms with Gasteiger partial charge >= 0.3 is 5.97 Å². The molecule has 3 aromatic carbocycles. The Morgan fingerprint density at radius 2 is 1.42 bits per heavy atom. The minimum atomic E-state index is -1.77. The minimum absolute atomic E-state index is 0.0127. The van der Waals surface area contributed by atoms with Crippen molar-refractivity contribution in [1.29, 1.82) is 0 Å². The molecule has 1 aliphatic rings. The van der Waals surface area contributed by atoms with Crippen LogP contribution in [0.5, 0.6) is 0 Å². The number of likely N-dealkylation sites (tertiary alicyclic amines) is 1. The van der Waals surface area contributed by atoms with E-state index < -0.39 is 35.0 Å². The highest BCUT2D eigenvalue weighted by Gasteiger charge is 2.55. The van der Waals surface area contributed by atoms with Crippen molar-refractivity contribution in [2.24, 2.45) is 5.92 Å². The van der Waals surface area contributed by atoms with E-state index >= 15 is 0 Å². The second kappa shape index (κ2) is 10.5. The van der Waals surface area contributed by atoms with Crippen LogP contribution in [0.25, 0.3) is 0 Å². The molecular formula is C27H24Cl2F2N2O3. The maximum absolute atomic E-state index is 14.2. The molecular weight excluding hydrogens is 509 g/mol. The first-order valence-corrected chi connectivity index (χ1v) is 12.0. The number of carbonyl (C=O) groups excluding carboxylic acids is 2. The Morgan fingerprint density at radius 1 is 0.944 bits per heavy atom. The van der Waals surface area contributed by atoms with Crippen LogP contribution >= 0.6 is 23.2 Å². The molecule has 0 aromatic heterocycles. The van der Waals surface area contributed by atoms with Gasteiger partial charge in [-0.15, -0.1) is 0 Å². The number of nitrogens with zero attached hydrogens (tertiary/aromatic N) is 1. The number of nitrogens with one attached hydrogen (secondary N) is 1. The predicted molar refractivity (Wildman–Crippen MR) is 134 cm³/mol. The number of halogens is 4. The van der Waals surface area contributed by atoms with Gasteiger partial charge in [-0.2, -0.15) is 0 Å². The molecule has 36 heavy (non-hydrogen) atoms. The topological polar surface area (TPSA) is 58.6 Å². The second-order valence-corrected chi connectivity index (χ2v) is 9.67. The van der Waals surface area contributed by atoms with E-state index in [2.05, 4.69) is 10.2 Å². The van der Waals surface area contributed by atoms with Crippen molar-refractivity contribution in [3.63, 3.8) is 0 Å². The highest BCUT2D eigenvalue weighted by atomic mass is 35.5. The predicted octanol–water partition coefficient (Wildman–Crippen LogP) is 5.50. The van der Waals surface area contributed by atoms with Crippen LogP contribution in [0.2, 0.25) is 10.0 Å². The molecule has 0 spiro atoms. The molecule has 1 aliphatic heterocycles. The van der Waals surface area contributed by atoms with Gasteiger partial charge in [-0.05, 0) is 53.1 Å². The normalized spacial score (nSPS) is 15.8. The van der Waals surface area contributed by atoms with E-state index in [1.54, 1.807) is 24.3 Å². The molecule has 0 aliphatic carbocycles. The van der Waals surface area contributed by atoms with Crippen molar-refractivity contribution < 1.29 is 23.1 Å². The molecule has 0 saturated carbocycles. The highest BCUT2D eigenvalue weighted by Crippen LogP contribution is 2.43. The van der Waals surface area contributed by atoms with E-state index in [4.69, 9.17) is 27.9 Å².